The minimum absolute atomic E-state index is 0.0449. The number of benzene rings is 1. The van der Waals surface area contributed by atoms with Crippen LogP contribution in [0.25, 0.3) is 16.7 Å². The number of rotatable bonds is 7. The zero-order chi connectivity index (χ0) is 23.5. The molecule has 0 saturated carbocycles. The number of hydrogen-bond donors (Lipinski definition) is 2. The van der Waals surface area contributed by atoms with Crippen molar-refractivity contribution in [2.75, 3.05) is 20.3 Å². The molecular formula is C24H24ClN5O3. The molecule has 0 bridgehead atoms. The van der Waals surface area contributed by atoms with E-state index >= 15 is 0 Å². The first-order valence-corrected chi connectivity index (χ1v) is 10.9. The van der Waals surface area contributed by atoms with E-state index in [2.05, 4.69) is 5.32 Å². The number of methoxy groups -OCH3 is 1. The fourth-order valence-corrected chi connectivity index (χ4v) is 3.93. The molecule has 1 amide bonds. The van der Waals surface area contributed by atoms with Crippen molar-refractivity contribution in [3.63, 3.8) is 0 Å². The normalized spacial score (nSPS) is 11.2. The third-order valence-electron chi connectivity index (χ3n) is 5.48. The standard InChI is InChI=1S/C24H24ClN5O3/c1-15-7-5-11-29-21(15)28-22-18(24(29)32)13-17(23(31)27-10-6-12-33-2)20(26)30(22)14-16-8-3-4-9-19(16)25/h3-5,7-9,11,13,26H,6,10,12,14H2,1-2H3,(H,27,31). The number of nitrogens with zero attached hydrogens (tertiary/aromatic N) is 3. The summed E-state index contributed by atoms with van der Waals surface area (Å²) < 4.78 is 8.04. The van der Waals surface area contributed by atoms with Crippen LogP contribution in [-0.4, -0.2) is 40.1 Å². The van der Waals surface area contributed by atoms with Gasteiger partial charge in [-0.2, -0.15) is 0 Å². The summed E-state index contributed by atoms with van der Waals surface area (Å²) in [5.74, 6) is -0.431. The number of amides is 1. The Labute approximate surface area is 194 Å². The van der Waals surface area contributed by atoms with Crippen LogP contribution in [0.4, 0.5) is 0 Å². The van der Waals surface area contributed by atoms with Gasteiger partial charge in [0.1, 0.15) is 16.8 Å². The highest BCUT2D eigenvalue weighted by Crippen LogP contribution is 2.18. The number of pyridine rings is 2. The van der Waals surface area contributed by atoms with Crippen LogP contribution < -0.4 is 16.4 Å². The summed E-state index contributed by atoms with van der Waals surface area (Å²) in [7, 11) is 1.59. The molecular weight excluding hydrogens is 442 g/mol. The Morgan fingerprint density at radius 1 is 1.21 bits per heavy atom. The van der Waals surface area contributed by atoms with Crippen LogP contribution in [-0.2, 0) is 11.3 Å². The Balaban J connectivity index is 1.95. The molecule has 170 valence electrons. The molecule has 0 spiro atoms. The maximum absolute atomic E-state index is 13.4. The van der Waals surface area contributed by atoms with Gasteiger partial charge in [-0.3, -0.25) is 19.4 Å². The van der Waals surface area contributed by atoms with Gasteiger partial charge in [0.15, 0.2) is 0 Å². The molecule has 0 atom stereocenters. The van der Waals surface area contributed by atoms with Crippen LogP contribution >= 0.6 is 11.6 Å². The fraction of sp³-hybridized carbons (Fsp3) is 0.250. The smallest absolute Gasteiger partial charge is 0.267 e. The van der Waals surface area contributed by atoms with Crippen molar-refractivity contribution in [2.24, 2.45) is 0 Å². The lowest BCUT2D eigenvalue weighted by molar-refractivity contribution is 0.0946. The number of hydrogen-bond acceptors (Lipinski definition) is 5. The van der Waals surface area contributed by atoms with Crippen molar-refractivity contribution in [2.45, 2.75) is 19.9 Å². The van der Waals surface area contributed by atoms with Crippen LogP contribution in [0.5, 0.6) is 0 Å². The van der Waals surface area contributed by atoms with Crippen LogP contribution in [0.2, 0.25) is 5.02 Å². The fourth-order valence-electron chi connectivity index (χ4n) is 3.73. The van der Waals surface area contributed by atoms with Crippen LogP contribution in [0.15, 0.2) is 53.5 Å². The molecule has 0 saturated heterocycles. The first-order chi connectivity index (χ1) is 15.9. The van der Waals surface area contributed by atoms with Gasteiger partial charge < -0.3 is 14.6 Å². The Bertz CT molecular complexity index is 1480. The Hall–Kier alpha value is -3.49. The van der Waals surface area contributed by atoms with Crippen molar-refractivity contribution >= 4 is 34.2 Å². The van der Waals surface area contributed by atoms with E-state index in [1.165, 1.54) is 10.5 Å². The van der Waals surface area contributed by atoms with Crippen molar-refractivity contribution in [1.82, 2.24) is 19.3 Å². The number of aryl methyl sites for hydroxylation is 1. The second-order valence-corrected chi connectivity index (χ2v) is 8.13. The average Bonchev–Trinajstić information content (AvgIpc) is 2.80. The first-order valence-electron chi connectivity index (χ1n) is 10.5. The van der Waals surface area contributed by atoms with Crippen molar-refractivity contribution in [1.29, 1.82) is 5.41 Å². The molecule has 3 heterocycles. The number of halogens is 1. The number of nitrogens with one attached hydrogen (secondary N) is 2. The van der Waals surface area contributed by atoms with E-state index in [1.54, 1.807) is 30.0 Å². The van der Waals surface area contributed by atoms with E-state index < -0.39 is 5.91 Å². The van der Waals surface area contributed by atoms with Gasteiger partial charge in [0, 0.05) is 31.5 Å². The summed E-state index contributed by atoms with van der Waals surface area (Å²) in [5.41, 5.74) is 2.15. The van der Waals surface area contributed by atoms with Crippen LogP contribution in [0.3, 0.4) is 0 Å². The molecule has 0 aliphatic carbocycles. The highest BCUT2D eigenvalue weighted by molar-refractivity contribution is 6.31. The maximum Gasteiger partial charge on any atom is 0.267 e. The number of carbonyl (C=O) groups is 1. The molecule has 3 aromatic heterocycles. The molecule has 0 unspecified atom stereocenters. The minimum Gasteiger partial charge on any atom is -0.385 e. The van der Waals surface area contributed by atoms with E-state index in [1.807, 2.05) is 31.2 Å². The molecule has 33 heavy (non-hydrogen) atoms. The zero-order valence-corrected chi connectivity index (χ0v) is 19.1. The molecule has 2 N–H and O–H groups in total. The van der Waals surface area contributed by atoms with Crippen molar-refractivity contribution < 1.29 is 9.53 Å². The topological polar surface area (TPSA) is 101 Å². The van der Waals surface area contributed by atoms with Gasteiger partial charge in [0.2, 0.25) is 0 Å². The molecule has 0 aliphatic heterocycles. The Kier molecular flexibility index (Phi) is 6.57. The summed E-state index contributed by atoms with van der Waals surface area (Å²) in [6, 6.07) is 12.4. The van der Waals surface area contributed by atoms with E-state index in [0.717, 1.165) is 11.1 Å². The Morgan fingerprint density at radius 3 is 2.76 bits per heavy atom. The predicted octanol–water partition coefficient (Wildman–Crippen LogP) is 2.91. The maximum atomic E-state index is 13.4. The summed E-state index contributed by atoms with van der Waals surface area (Å²) >= 11 is 6.38. The van der Waals surface area contributed by atoms with Crippen LogP contribution in [0, 0.1) is 12.3 Å². The lowest BCUT2D eigenvalue weighted by Gasteiger charge is -2.16. The first kappa shape index (κ1) is 22.7. The quantitative estimate of drug-likeness (QED) is 0.323. The summed E-state index contributed by atoms with van der Waals surface area (Å²) in [6.45, 7) is 2.96. The van der Waals surface area contributed by atoms with Gasteiger partial charge >= 0.3 is 0 Å². The molecule has 4 rings (SSSR count). The lowest BCUT2D eigenvalue weighted by atomic mass is 10.1. The summed E-state index contributed by atoms with van der Waals surface area (Å²) in [5, 5.41) is 12.4. The molecule has 9 heteroatoms. The SMILES string of the molecule is COCCCNC(=O)c1cc2c(=O)n3cccc(C)c3nc2n(Cc2ccccc2Cl)c1=N. The largest absolute Gasteiger partial charge is 0.385 e. The van der Waals surface area contributed by atoms with E-state index in [9.17, 15) is 9.59 Å². The third kappa shape index (κ3) is 4.40. The van der Waals surface area contributed by atoms with Gasteiger partial charge in [-0.05, 0) is 42.7 Å². The van der Waals surface area contributed by atoms with Gasteiger partial charge in [0.25, 0.3) is 11.5 Å². The number of ether oxygens (including phenoxy) is 1. The summed E-state index contributed by atoms with van der Waals surface area (Å²) in [4.78, 5) is 31.0. The Morgan fingerprint density at radius 2 is 2.00 bits per heavy atom. The van der Waals surface area contributed by atoms with Crippen LogP contribution in [0.1, 0.15) is 27.9 Å². The predicted molar refractivity (Wildman–Crippen MR) is 127 cm³/mol. The molecule has 0 radical (unpaired) electrons. The van der Waals surface area contributed by atoms with Gasteiger partial charge in [-0.1, -0.05) is 35.9 Å². The number of fused-ring (bicyclic) bond motifs is 2. The highest BCUT2D eigenvalue weighted by Gasteiger charge is 2.18. The number of carbonyl (C=O) groups excluding carboxylic acids is 1. The van der Waals surface area contributed by atoms with Gasteiger partial charge in [-0.25, -0.2) is 4.98 Å². The average molecular weight is 466 g/mol. The zero-order valence-electron chi connectivity index (χ0n) is 18.4. The second-order valence-electron chi connectivity index (χ2n) is 7.73. The highest BCUT2D eigenvalue weighted by atomic mass is 35.5. The van der Waals surface area contributed by atoms with Gasteiger partial charge in [-0.15, -0.1) is 0 Å². The lowest BCUT2D eigenvalue weighted by Crippen LogP contribution is -2.35. The van der Waals surface area contributed by atoms with Gasteiger partial charge in [0.05, 0.1) is 17.5 Å². The van der Waals surface area contributed by atoms with E-state index in [-0.39, 0.29) is 28.5 Å². The summed E-state index contributed by atoms with van der Waals surface area (Å²) in [6.07, 6.45) is 2.28. The van der Waals surface area contributed by atoms with Crippen molar-refractivity contribution in [3.05, 3.63) is 86.2 Å². The monoisotopic (exact) mass is 465 g/mol. The van der Waals surface area contributed by atoms with E-state index in [0.29, 0.717) is 35.9 Å². The van der Waals surface area contributed by atoms with E-state index in [4.69, 9.17) is 26.7 Å². The molecule has 4 aromatic rings. The number of aromatic nitrogens is 3. The van der Waals surface area contributed by atoms with Crippen molar-refractivity contribution in [3.8, 4) is 0 Å². The molecule has 1 aromatic carbocycles. The molecule has 0 fully saturated rings. The minimum atomic E-state index is -0.431. The third-order valence-corrected chi connectivity index (χ3v) is 5.84. The second kappa shape index (κ2) is 9.56. The molecule has 8 nitrogen and oxygen atoms in total. The molecule has 0 aliphatic rings.